The van der Waals surface area contributed by atoms with Gasteiger partial charge < -0.3 is 9.73 Å². The number of aromatic nitrogens is 1. The van der Waals surface area contributed by atoms with Crippen LogP contribution in [0.1, 0.15) is 18.5 Å². The fourth-order valence-electron chi connectivity index (χ4n) is 1.44. The van der Waals surface area contributed by atoms with E-state index in [-0.39, 0.29) is 0 Å². The molecule has 3 rings (SSSR count). The predicted octanol–water partition coefficient (Wildman–Crippen LogP) is 2.66. The van der Waals surface area contributed by atoms with Crippen LogP contribution in [-0.2, 0) is 6.54 Å². The largest absolute Gasteiger partial charge is 0.444 e. The molecule has 1 saturated carbocycles. The van der Waals surface area contributed by atoms with Crippen molar-refractivity contribution in [3.05, 3.63) is 29.5 Å². The Balaban J connectivity index is 1.69. The van der Waals surface area contributed by atoms with E-state index in [2.05, 4.69) is 10.3 Å². The van der Waals surface area contributed by atoms with Crippen LogP contribution in [0.3, 0.4) is 0 Å². The predicted molar refractivity (Wildman–Crippen MR) is 59.7 cm³/mol. The average Bonchev–Trinajstić information content (AvgIpc) is 2.78. The van der Waals surface area contributed by atoms with Crippen LogP contribution in [0, 0.1) is 0 Å². The van der Waals surface area contributed by atoms with E-state index in [1.165, 1.54) is 12.8 Å². The summed E-state index contributed by atoms with van der Waals surface area (Å²) in [5.74, 6) is 0.734. The zero-order valence-electron chi connectivity index (χ0n) is 8.27. The minimum atomic E-state index is 0.715. The van der Waals surface area contributed by atoms with Crippen molar-refractivity contribution < 1.29 is 4.42 Å². The summed E-state index contributed by atoms with van der Waals surface area (Å²) in [5, 5.41) is 5.44. The van der Waals surface area contributed by atoms with Gasteiger partial charge in [0.15, 0.2) is 0 Å². The van der Waals surface area contributed by atoms with Crippen LogP contribution < -0.4 is 5.32 Å². The summed E-state index contributed by atoms with van der Waals surface area (Å²) in [6.45, 7) is 0.819. The minimum Gasteiger partial charge on any atom is -0.444 e. The lowest BCUT2D eigenvalue weighted by Crippen LogP contribution is -2.15. The highest BCUT2D eigenvalue weighted by molar-refractivity contribution is 7.13. The first kappa shape index (κ1) is 9.12. The van der Waals surface area contributed by atoms with Gasteiger partial charge in [0.05, 0.1) is 10.6 Å². The summed E-state index contributed by atoms with van der Waals surface area (Å²) in [6.07, 6.45) is 4.34. The fourth-order valence-corrected chi connectivity index (χ4v) is 2.09. The van der Waals surface area contributed by atoms with E-state index in [1.807, 2.05) is 17.5 Å². The van der Waals surface area contributed by atoms with E-state index in [4.69, 9.17) is 4.42 Å². The molecule has 0 amide bonds. The Morgan fingerprint density at radius 2 is 2.47 bits per heavy atom. The highest BCUT2D eigenvalue weighted by Crippen LogP contribution is 2.24. The Morgan fingerprint density at radius 3 is 3.20 bits per heavy atom. The van der Waals surface area contributed by atoms with Crippen molar-refractivity contribution in [2.24, 2.45) is 0 Å². The lowest BCUT2D eigenvalue weighted by atomic mass is 10.4. The van der Waals surface area contributed by atoms with Crippen molar-refractivity contribution in [2.75, 3.05) is 0 Å². The second-order valence-electron chi connectivity index (χ2n) is 3.78. The van der Waals surface area contributed by atoms with Gasteiger partial charge in [-0.05, 0) is 24.3 Å². The second-order valence-corrected chi connectivity index (χ2v) is 4.72. The van der Waals surface area contributed by atoms with Crippen molar-refractivity contribution in [1.82, 2.24) is 10.3 Å². The molecule has 3 nitrogen and oxygen atoms in total. The van der Waals surface area contributed by atoms with Crippen LogP contribution in [-0.4, -0.2) is 11.0 Å². The number of thiophene rings is 1. The Bertz CT molecular complexity index is 431. The molecule has 1 aliphatic carbocycles. The van der Waals surface area contributed by atoms with E-state index in [0.717, 1.165) is 23.0 Å². The molecule has 0 spiro atoms. The van der Waals surface area contributed by atoms with Crippen LogP contribution >= 0.6 is 11.3 Å². The minimum absolute atomic E-state index is 0.715. The van der Waals surface area contributed by atoms with Gasteiger partial charge in [-0.2, -0.15) is 0 Å². The molecular weight excluding hydrogens is 208 g/mol. The van der Waals surface area contributed by atoms with E-state index < -0.39 is 0 Å². The Morgan fingerprint density at radius 1 is 1.53 bits per heavy atom. The molecule has 0 aromatic carbocycles. The molecule has 1 N–H and O–H groups in total. The molecule has 78 valence electrons. The van der Waals surface area contributed by atoms with Crippen molar-refractivity contribution in [3.8, 4) is 10.8 Å². The van der Waals surface area contributed by atoms with E-state index in [9.17, 15) is 0 Å². The number of hydrogen-bond acceptors (Lipinski definition) is 4. The molecule has 0 atom stereocenters. The monoisotopic (exact) mass is 220 g/mol. The highest BCUT2D eigenvalue weighted by atomic mass is 32.1. The first-order valence-corrected chi connectivity index (χ1v) is 6.01. The number of nitrogens with one attached hydrogen (secondary N) is 1. The van der Waals surface area contributed by atoms with Crippen LogP contribution in [0.25, 0.3) is 10.8 Å². The molecule has 2 aromatic rings. The van der Waals surface area contributed by atoms with Crippen LogP contribution in [0.4, 0.5) is 0 Å². The first-order chi connectivity index (χ1) is 7.42. The van der Waals surface area contributed by atoms with Crippen LogP contribution in [0.5, 0.6) is 0 Å². The third-order valence-electron chi connectivity index (χ3n) is 2.43. The molecular formula is C11H12N2OS. The topological polar surface area (TPSA) is 38.1 Å². The molecule has 0 saturated heterocycles. The van der Waals surface area contributed by atoms with Crippen molar-refractivity contribution in [3.63, 3.8) is 0 Å². The van der Waals surface area contributed by atoms with Gasteiger partial charge in [-0.1, -0.05) is 6.07 Å². The summed E-state index contributed by atoms with van der Waals surface area (Å²) in [6, 6.07) is 4.74. The standard InChI is InChI=1S/C11H12N2OS/c1-2-10(15-5-1)11-13-9(7-14-11)6-12-8-3-4-8/h1-2,5,7-8,12H,3-4,6H2. The van der Waals surface area contributed by atoms with Crippen molar-refractivity contribution in [1.29, 1.82) is 0 Å². The maximum Gasteiger partial charge on any atom is 0.236 e. The quantitative estimate of drug-likeness (QED) is 0.860. The summed E-state index contributed by atoms with van der Waals surface area (Å²) in [5.41, 5.74) is 0.991. The van der Waals surface area contributed by atoms with Crippen LogP contribution in [0.15, 0.2) is 28.2 Å². The fraction of sp³-hybridized carbons (Fsp3) is 0.364. The lowest BCUT2D eigenvalue weighted by Gasteiger charge is -1.95. The second kappa shape index (κ2) is 3.79. The molecule has 1 fully saturated rings. The van der Waals surface area contributed by atoms with Gasteiger partial charge >= 0.3 is 0 Å². The molecule has 0 radical (unpaired) electrons. The summed E-state index contributed by atoms with van der Waals surface area (Å²) >= 11 is 1.65. The van der Waals surface area contributed by atoms with Crippen LogP contribution in [0.2, 0.25) is 0 Å². The maximum atomic E-state index is 5.42. The van der Waals surface area contributed by atoms with Crippen molar-refractivity contribution >= 4 is 11.3 Å². The van der Waals surface area contributed by atoms with Gasteiger partial charge in [0, 0.05) is 12.6 Å². The SMILES string of the molecule is c1csc(-c2nc(CNC3CC3)co2)c1. The zero-order chi connectivity index (χ0) is 10.1. The number of nitrogens with zero attached hydrogens (tertiary/aromatic N) is 1. The average molecular weight is 220 g/mol. The van der Waals surface area contributed by atoms with Gasteiger partial charge in [-0.25, -0.2) is 4.98 Å². The van der Waals surface area contributed by atoms with E-state index in [1.54, 1.807) is 17.6 Å². The molecule has 1 aliphatic rings. The Hall–Kier alpha value is -1.13. The van der Waals surface area contributed by atoms with Gasteiger partial charge in [-0.3, -0.25) is 0 Å². The zero-order valence-corrected chi connectivity index (χ0v) is 9.09. The molecule has 2 heterocycles. The van der Waals surface area contributed by atoms with Gasteiger partial charge in [0.25, 0.3) is 0 Å². The molecule has 15 heavy (non-hydrogen) atoms. The van der Waals surface area contributed by atoms with E-state index >= 15 is 0 Å². The molecule has 4 heteroatoms. The summed E-state index contributed by atoms with van der Waals surface area (Å²) < 4.78 is 5.42. The highest BCUT2D eigenvalue weighted by Gasteiger charge is 2.20. The van der Waals surface area contributed by atoms with Crippen molar-refractivity contribution in [2.45, 2.75) is 25.4 Å². The Labute approximate surface area is 92.1 Å². The molecule has 0 bridgehead atoms. The number of rotatable bonds is 4. The van der Waals surface area contributed by atoms with Gasteiger partial charge in [0.1, 0.15) is 6.26 Å². The maximum absolute atomic E-state index is 5.42. The molecule has 0 aliphatic heterocycles. The number of hydrogen-bond donors (Lipinski definition) is 1. The Kier molecular flexibility index (Phi) is 2.31. The number of oxazole rings is 1. The normalized spacial score (nSPS) is 15.7. The molecule has 2 aromatic heterocycles. The first-order valence-electron chi connectivity index (χ1n) is 5.13. The molecule has 0 unspecified atom stereocenters. The summed E-state index contributed by atoms with van der Waals surface area (Å²) in [7, 11) is 0. The smallest absolute Gasteiger partial charge is 0.236 e. The van der Waals surface area contributed by atoms with E-state index in [0.29, 0.717) is 6.04 Å². The third-order valence-corrected chi connectivity index (χ3v) is 3.29. The van der Waals surface area contributed by atoms with Gasteiger partial charge in [0.2, 0.25) is 5.89 Å². The summed E-state index contributed by atoms with van der Waals surface area (Å²) in [4.78, 5) is 5.52. The lowest BCUT2D eigenvalue weighted by molar-refractivity contribution is 0.571. The third kappa shape index (κ3) is 2.11. The van der Waals surface area contributed by atoms with Gasteiger partial charge in [-0.15, -0.1) is 11.3 Å².